The monoisotopic (exact) mass is 429 g/mol. The summed E-state index contributed by atoms with van der Waals surface area (Å²) >= 11 is 1.50. The van der Waals surface area contributed by atoms with Gasteiger partial charge < -0.3 is 10.1 Å². The molecule has 1 aliphatic heterocycles. The second kappa shape index (κ2) is 9.03. The molecule has 1 N–H and O–H groups in total. The van der Waals surface area contributed by atoms with Crippen LogP contribution in [0.25, 0.3) is 16.4 Å². The highest BCUT2D eigenvalue weighted by atomic mass is 32.1. The minimum atomic E-state index is -0.332. The Balaban J connectivity index is 1.47. The molecular formula is C21H24FN5O2S. The van der Waals surface area contributed by atoms with Crippen LogP contribution in [0.15, 0.2) is 41.8 Å². The largest absolute Gasteiger partial charge is 0.373 e. The predicted molar refractivity (Wildman–Crippen MR) is 113 cm³/mol. The normalized spacial score (nSPS) is 19.7. The van der Waals surface area contributed by atoms with Crippen molar-refractivity contribution in [2.75, 3.05) is 26.2 Å². The van der Waals surface area contributed by atoms with E-state index < -0.39 is 0 Å². The van der Waals surface area contributed by atoms with Crippen molar-refractivity contribution < 1.29 is 13.9 Å². The van der Waals surface area contributed by atoms with Gasteiger partial charge in [0, 0.05) is 26.2 Å². The van der Waals surface area contributed by atoms with Crippen LogP contribution in [0.5, 0.6) is 0 Å². The smallest absolute Gasteiger partial charge is 0.291 e. The number of carbonyl (C=O) groups excluding carboxylic acids is 1. The third-order valence-corrected chi connectivity index (χ3v) is 5.70. The predicted octanol–water partition coefficient (Wildman–Crippen LogP) is 2.97. The van der Waals surface area contributed by atoms with Crippen molar-refractivity contribution in [2.24, 2.45) is 0 Å². The first-order valence-corrected chi connectivity index (χ1v) is 10.8. The molecule has 4 rings (SSSR count). The Bertz CT molecular complexity index is 980. The van der Waals surface area contributed by atoms with E-state index in [1.165, 1.54) is 23.5 Å². The van der Waals surface area contributed by atoms with Gasteiger partial charge in [0.05, 0.1) is 22.8 Å². The molecule has 1 saturated heterocycles. The molecule has 1 aromatic carbocycles. The highest BCUT2D eigenvalue weighted by molar-refractivity contribution is 7.13. The molecule has 2 aromatic heterocycles. The molecule has 0 saturated carbocycles. The fraction of sp³-hybridized carbons (Fsp3) is 0.381. The zero-order chi connectivity index (χ0) is 21.1. The summed E-state index contributed by atoms with van der Waals surface area (Å²) in [5, 5.41) is 9.24. The lowest BCUT2D eigenvalue weighted by atomic mass is 10.2. The van der Waals surface area contributed by atoms with E-state index in [0.29, 0.717) is 18.1 Å². The van der Waals surface area contributed by atoms with E-state index in [9.17, 15) is 9.18 Å². The molecule has 158 valence electrons. The van der Waals surface area contributed by atoms with Gasteiger partial charge in [0.15, 0.2) is 5.82 Å². The number of halogens is 1. The van der Waals surface area contributed by atoms with E-state index in [-0.39, 0.29) is 29.8 Å². The molecule has 0 radical (unpaired) electrons. The first-order valence-electron chi connectivity index (χ1n) is 9.92. The first-order chi connectivity index (χ1) is 14.5. The topological polar surface area (TPSA) is 72.3 Å². The second-order valence-electron chi connectivity index (χ2n) is 7.40. The Kier molecular flexibility index (Phi) is 6.21. The van der Waals surface area contributed by atoms with Crippen LogP contribution >= 0.6 is 11.3 Å². The highest BCUT2D eigenvalue weighted by Crippen LogP contribution is 2.25. The van der Waals surface area contributed by atoms with Gasteiger partial charge in [-0.1, -0.05) is 6.07 Å². The van der Waals surface area contributed by atoms with Gasteiger partial charge in [-0.25, -0.2) is 14.1 Å². The fourth-order valence-corrected chi connectivity index (χ4v) is 4.31. The number of hydrogen-bond donors (Lipinski definition) is 1. The van der Waals surface area contributed by atoms with Crippen LogP contribution in [0, 0.1) is 5.82 Å². The summed E-state index contributed by atoms with van der Waals surface area (Å²) < 4.78 is 20.6. The molecule has 9 heteroatoms. The van der Waals surface area contributed by atoms with Gasteiger partial charge in [-0.15, -0.1) is 16.4 Å². The Morgan fingerprint density at radius 1 is 1.23 bits per heavy atom. The van der Waals surface area contributed by atoms with Gasteiger partial charge in [-0.2, -0.15) is 0 Å². The van der Waals surface area contributed by atoms with E-state index in [1.807, 2.05) is 17.5 Å². The quantitative estimate of drug-likeness (QED) is 0.652. The van der Waals surface area contributed by atoms with Crippen LogP contribution in [-0.4, -0.2) is 64.0 Å². The number of amides is 1. The summed E-state index contributed by atoms with van der Waals surface area (Å²) in [6.07, 6.45) is 0.372. The third-order valence-electron chi connectivity index (χ3n) is 4.83. The molecule has 2 atom stereocenters. The maximum atomic E-state index is 13.3. The van der Waals surface area contributed by atoms with Crippen molar-refractivity contribution in [3.05, 3.63) is 53.4 Å². The summed E-state index contributed by atoms with van der Waals surface area (Å²) in [6, 6.07) is 9.77. The lowest BCUT2D eigenvalue weighted by Crippen LogP contribution is -2.47. The van der Waals surface area contributed by atoms with Crippen LogP contribution < -0.4 is 5.32 Å². The van der Waals surface area contributed by atoms with Gasteiger partial charge in [0.1, 0.15) is 5.82 Å². The van der Waals surface area contributed by atoms with Gasteiger partial charge in [0.2, 0.25) is 5.82 Å². The molecule has 0 aliphatic carbocycles. The Morgan fingerprint density at radius 3 is 2.63 bits per heavy atom. The number of hydrogen-bond acceptors (Lipinski definition) is 6. The summed E-state index contributed by atoms with van der Waals surface area (Å²) in [5.74, 6) is -0.0201. The number of rotatable bonds is 6. The lowest BCUT2D eigenvalue weighted by molar-refractivity contribution is -0.0672. The number of carbonyl (C=O) groups is 1. The molecule has 0 unspecified atom stereocenters. The third kappa shape index (κ3) is 4.75. The van der Waals surface area contributed by atoms with Crippen LogP contribution in [0.2, 0.25) is 0 Å². The van der Waals surface area contributed by atoms with Crippen LogP contribution in [-0.2, 0) is 4.74 Å². The molecule has 30 heavy (non-hydrogen) atoms. The van der Waals surface area contributed by atoms with E-state index >= 15 is 0 Å². The number of aromatic nitrogens is 3. The average molecular weight is 430 g/mol. The van der Waals surface area contributed by atoms with Crippen LogP contribution in [0.4, 0.5) is 4.39 Å². The van der Waals surface area contributed by atoms with Gasteiger partial charge >= 0.3 is 0 Å². The first kappa shape index (κ1) is 20.6. The highest BCUT2D eigenvalue weighted by Gasteiger charge is 2.23. The maximum Gasteiger partial charge on any atom is 0.291 e. The standard InChI is InChI=1S/C21H24FN5O2S/c1-14-12-26(13-15(2)29-14)10-9-23-21(28)19-24-20(18-4-3-11-30-18)27(25-19)17-7-5-16(22)6-8-17/h3-8,11,14-15H,9-10,12-13H2,1-2H3,(H,23,28)/t14-,15+. The van der Waals surface area contributed by atoms with E-state index in [2.05, 4.69) is 34.1 Å². The van der Waals surface area contributed by atoms with E-state index in [1.54, 1.807) is 16.8 Å². The average Bonchev–Trinajstić information content (AvgIpc) is 3.37. The molecule has 3 aromatic rings. The number of nitrogens with one attached hydrogen (secondary N) is 1. The number of benzene rings is 1. The summed E-state index contributed by atoms with van der Waals surface area (Å²) in [4.78, 5) is 20.3. The van der Waals surface area contributed by atoms with Crippen molar-refractivity contribution in [1.82, 2.24) is 25.0 Å². The Hall–Kier alpha value is -2.62. The summed E-state index contributed by atoms with van der Waals surface area (Å²) in [5.41, 5.74) is 0.641. The lowest BCUT2D eigenvalue weighted by Gasteiger charge is -2.35. The molecule has 0 spiro atoms. The maximum absolute atomic E-state index is 13.3. The van der Waals surface area contributed by atoms with E-state index in [4.69, 9.17) is 4.74 Å². The molecule has 7 nitrogen and oxygen atoms in total. The van der Waals surface area contributed by atoms with Crippen molar-refractivity contribution in [1.29, 1.82) is 0 Å². The molecule has 0 bridgehead atoms. The van der Waals surface area contributed by atoms with Gasteiger partial charge in [0.25, 0.3) is 5.91 Å². The molecule has 3 heterocycles. The van der Waals surface area contributed by atoms with Crippen LogP contribution in [0.1, 0.15) is 24.5 Å². The number of ether oxygens (including phenoxy) is 1. The fourth-order valence-electron chi connectivity index (χ4n) is 3.61. The van der Waals surface area contributed by atoms with Gasteiger partial charge in [-0.05, 0) is 49.6 Å². The number of morpholine rings is 1. The number of thiophene rings is 1. The van der Waals surface area contributed by atoms with Crippen molar-refractivity contribution in [3.8, 4) is 16.4 Å². The Morgan fingerprint density at radius 2 is 1.97 bits per heavy atom. The number of nitrogens with zero attached hydrogens (tertiary/aromatic N) is 4. The minimum Gasteiger partial charge on any atom is -0.373 e. The van der Waals surface area contributed by atoms with Crippen molar-refractivity contribution in [3.63, 3.8) is 0 Å². The van der Waals surface area contributed by atoms with Crippen LogP contribution in [0.3, 0.4) is 0 Å². The zero-order valence-electron chi connectivity index (χ0n) is 16.9. The second-order valence-corrected chi connectivity index (χ2v) is 8.35. The minimum absolute atomic E-state index is 0.0893. The summed E-state index contributed by atoms with van der Waals surface area (Å²) in [7, 11) is 0. The molecule has 1 aliphatic rings. The Labute approximate surface area is 178 Å². The summed E-state index contributed by atoms with van der Waals surface area (Å²) in [6.45, 7) is 7.04. The molecule has 1 fully saturated rings. The molecular weight excluding hydrogens is 405 g/mol. The van der Waals surface area contributed by atoms with Crippen molar-refractivity contribution >= 4 is 17.2 Å². The SMILES string of the molecule is C[C@@H]1CN(CCNC(=O)c2nc(-c3cccs3)n(-c3ccc(F)cc3)n2)C[C@H](C)O1. The van der Waals surface area contributed by atoms with Gasteiger partial charge in [-0.3, -0.25) is 9.69 Å². The zero-order valence-corrected chi connectivity index (χ0v) is 17.7. The molecule has 1 amide bonds. The van der Waals surface area contributed by atoms with Crippen molar-refractivity contribution in [2.45, 2.75) is 26.1 Å². The van der Waals surface area contributed by atoms with E-state index in [0.717, 1.165) is 24.5 Å².